The first kappa shape index (κ1) is 13.6. The molecule has 0 fully saturated rings. The van der Waals surface area contributed by atoms with E-state index in [1.807, 2.05) is 13.8 Å². The number of nitrogens with two attached hydrogens (primary N) is 1. The van der Waals surface area contributed by atoms with Crippen LogP contribution in [0.4, 0.5) is 8.78 Å². The van der Waals surface area contributed by atoms with Gasteiger partial charge < -0.3 is 11.1 Å². The molecular weight excluding hydrogens is 226 g/mol. The van der Waals surface area contributed by atoms with Gasteiger partial charge in [-0.15, -0.1) is 0 Å². The van der Waals surface area contributed by atoms with Gasteiger partial charge in [-0.25, -0.2) is 8.78 Å². The van der Waals surface area contributed by atoms with Crippen molar-refractivity contribution < 1.29 is 13.6 Å². The van der Waals surface area contributed by atoms with Crippen LogP contribution in [0.2, 0.25) is 0 Å². The van der Waals surface area contributed by atoms with E-state index in [-0.39, 0.29) is 24.1 Å². The minimum atomic E-state index is -1.13. The van der Waals surface area contributed by atoms with Gasteiger partial charge in [-0.1, -0.05) is 19.9 Å². The molecule has 0 aliphatic carbocycles. The third-order valence-corrected chi connectivity index (χ3v) is 2.57. The van der Waals surface area contributed by atoms with Crippen molar-refractivity contribution in [3.63, 3.8) is 0 Å². The molecule has 0 aromatic heterocycles. The Morgan fingerprint density at radius 1 is 1.41 bits per heavy atom. The summed E-state index contributed by atoms with van der Waals surface area (Å²) in [5, 5.41) is 2.58. The molecule has 0 aliphatic rings. The molecule has 0 spiro atoms. The summed E-state index contributed by atoms with van der Waals surface area (Å²) in [5.74, 6) is -2.69. The fourth-order valence-electron chi connectivity index (χ4n) is 1.42. The number of hydrogen-bond acceptors (Lipinski definition) is 2. The Bertz CT molecular complexity index is 407. The van der Waals surface area contributed by atoms with Crippen molar-refractivity contribution in [3.05, 3.63) is 35.4 Å². The number of carbonyl (C=O) groups is 1. The highest BCUT2D eigenvalue weighted by Crippen LogP contribution is 2.12. The van der Waals surface area contributed by atoms with Crippen LogP contribution in [0.3, 0.4) is 0 Å². The fraction of sp³-hybridized carbons (Fsp3) is 0.417. The Morgan fingerprint density at radius 2 is 2.06 bits per heavy atom. The Labute approximate surface area is 99.0 Å². The molecule has 0 bridgehead atoms. The monoisotopic (exact) mass is 242 g/mol. The first-order valence-corrected chi connectivity index (χ1v) is 5.42. The molecule has 1 aromatic rings. The average molecular weight is 242 g/mol. The molecule has 94 valence electrons. The first-order valence-electron chi connectivity index (χ1n) is 5.42. The number of hydrogen-bond donors (Lipinski definition) is 2. The molecule has 1 amide bonds. The van der Waals surface area contributed by atoms with E-state index in [9.17, 15) is 13.6 Å². The highest BCUT2D eigenvalue weighted by molar-refractivity contribution is 5.94. The van der Waals surface area contributed by atoms with Gasteiger partial charge in [0, 0.05) is 12.6 Å². The third-order valence-electron chi connectivity index (χ3n) is 2.57. The van der Waals surface area contributed by atoms with Gasteiger partial charge >= 0.3 is 0 Å². The number of benzene rings is 1. The summed E-state index contributed by atoms with van der Waals surface area (Å²) in [5.41, 5.74) is 5.18. The quantitative estimate of drug-likeness (QED) is 0.844. The van der Waals surface area contributed by atoms with Gasteiger partial charge in [0.05, 0.1) is 5.56 Å². The SMILES string of the molecule is CC(C)C(CN)NC(=O)c1cccc(F)c1F. The second kappa shape index (κ2) is 5.72. The summed E-state index contributed by atoms with van der Waals surface area (Å²) < 4.78 is 26.3. The molecule has 0 saturated carbocycles. The summed E-state index contributed by atoms with van der Waals surface area (Å²) in [6.45, 7) is 4.03. The molecule has 1 unspecified atom stereocenters. The van der Waals surface area contributed by atoms with Gasteiger partial charge in [0.15, 0.2) is 11.6 Å². The van der Waals surface area contributed by atoms with E-state index in [1.165, 1.54) is 12.1 Å². The fourth-order valence-corrected chi connectivity index (χ4v) is 1.42. The number of nitrogens with one attached hydrogen (secondary N) is 1. The van der Waals surface area contributed by atoms with Crippen molar-refractivity contribution >= 4 is 5.91 Å². The Kier molecular flexibility index (Phi) is 4.57. The lowest BCUT2D eigenvalue weighted by Gasteiger charge is -2.20. The summed E-state index contributed by atoms with van der Waals surface area (Å²) >= 11 is 0. The number of halogens is 2. The van der Waals surface area contributed by atoms with Gasteiger partial charge in [0.1, 0.15) is 0 Å². The molecule has 0 radical (unpaired) electrons. The summed E-state index contributed by atoms with van der Waals surface area (Å²) in [4.78, 5) is 11.7. The molecular formula is C12H16F2N2O. The van der Waals surface area contributed by atoms with Gasteiger partial charge in [-0.2, -0.15) is 0 Å². The first-order chi connectivity index (χ1) is 7.97. The maximum Gasteiger partial charge on any atom is 0.254 e. The lowest BCUT2D eigenvalue weighted by atomic mass is 10.0. The van der Waals surface area contributed by atoms with Crippen molar-refractivity contribution in [2.45, 2.75) is 19.9 Å². The van der Waals surface area contributed by atoms with Crippen LogP contribution in [0.1, 0.15) is 24.2 Å². The van der Waals surface area contributed by atoms with Crippen LogP contribution in [-0.2, 0) is 0 Å². The molecule has 0 saturated heterocycles. The summed E-state index contributed by atoms with van der Waals surface area (Å²) in [6.07, 6.45) is 0. The zero-order valence-electron chi connectivity index (χ0n) is 9.84. The molecule has 5 heteroatoms. The predicted octanol–water partition coefficient (Wildman–Crippen LogP) is 1.68. The minimum Gasteiger partial charge on any atom is -0.348 e. The topological polar surface area (TPSA) is 55.1 Å². The highest BCUT2D eigenvalue weighted by Gasteiger charge is 2.19. The van der Waals surface area contributed by atoms with Crippen molar-refractivity contribution in [2.24, 2.45) is 11.7 Å². The van der Waals surface area contributed by atoms with Crippen LogP contribution in [0.25, 0.3) is 0 Å². The standard InChI is InChI=1S/C12H16F2N2O/c1-7(2)10(6-15)16-12(17)8-4-3-5-9(13)11(8)14/h3-5,7,10H,6,15H2,1-2H3,(H,16,17). The lowest BCUT2D eigenvalue weighted by molar-refractivity contribution is 0.0922. The van der Waals surface area contributed by atoms with Gasteiger partial charge in [0.25, 0.3) is 5.91 Å². The zero-order chi connectivity index (χ0) is 13.0. The second-order valence-electron chi connectivity index (χ2n) is 4.16. The Morgan fingerprint density at radius 3 is 2.59 bits per heavy atom. The van der Waals surface area contributed by atoms with Crippen molar-refractivity contribution in [1.29, 1.82) is 0 Å². The van der Waals surface area contributed by atoms with Crippen molar-refractivity contribution in [3.8, 4) is 0 Å². The van der Waals surface area contributed by atoms with E-state index in [4.69, 9.17) is 5.73 Å². The molecule has 17 heavy (non-hydrogen) atoms. The van der Waals surface area contributed by atoms with Crippen molar-refractivity contribution in [1.82, 2.24) is 5.32 Å². The van der Waals surface area contributed by atoms with E-state index in [0.717, 1.165) is 6.07 Å². The summed E-state index contributed by atoms with van der Waals surface area (Å²) in [7, 11) is 0. The third kappa shape index (κ3) is 3.23. The number of rotatable bonds is 4. The van der Waals surface area contributed by atoms with Crippen LogP contribution in [0.15, 0.2) is 18.2 Å². The number of amides is 1. The largest absolute Gasteiger partial charge is 0.348 e. The van der Waals surface area contributed by atoms with E-state index in [2.05, 4.69) is 5.32 Å². The second-order valence-corrected chi connectivity index (χ2v) is 4.16. The van der Waals surface area contributed by atoms with Crippen LogP contribution >= 0.6 is 0 Å². The molecule has 1 aromatic carbocycles. The van der Waals surface area contributed by atoms with E-state index in [1.54, 1.807) is 0 Å². The van der Waals surface area contributed by atoms with Crippen LogP contribution in [0.5, 0.6) is 0 Å². The smallest absolute Gasteiger partial charge is 0.254 e. The lowest BCUT2D eigenvalue weighted by Crippen LogP contribution is -2.43. The van der Waals surface area contributed by atoms with E-state index in [0.29, 0.717) is 0 Å². The molecule has 3 N–H and O–H groups in total. The maximum absolute atomic E-state index is 13.3. The Balaban J connectivity index is 2.86. The molecule has 1 atom stereocenters. The molecule has 0 heterocycles. The molecule has 0 aliphatic heterocycles. The molecule has 3 nitrogen and oxygen atoms in total. The van der Waals surface area contributed by atoms with Gasteiger partial charge in [-0.05, 0) is 18.1 Å². The van der Waals surface area contributed by atoms with E-state index < -0.39 is 17.5 Å². The number of carbonyl (C=O) groups excluding carboxylic acids is 1. The van der Waals surface area contributed by atoms with Gasteiger partial charge in [0.2, 0.25) is 0 Å². The van der Waals surface area contributed by atoms with Crippen LogP contribution in [0, 0.1) is 17.6 Å². The maximum atomic E-state index is 13.3. The van der Waals surface area contributed by atoms with Crippen LogP contribution < -0.4 is 11.1 Å². The van der Waals surface area contributed by atoms with E-state index >= 15 is 0 Å². The summed E-state index contributed by atoms with van der Waals surface area (Å²) in [6, 6.07) is 3.24. The average Bonchev–Trinajstić information content (AvgIpc) is 2.28. The van der Waals surface area contributed by atoms with Crippen molar-refractivity contribution in [2.75, 3.05) is 6.54 Å². The Hall–Kier alpha value is -1.49. The highest BCUT2D eigenvalue weighted by atomic mass is 19.2. The minimum absolute atomic E-state index is 0.126. The van der Waals surface area contributed by atoms with Gasteiger partial charge in [-0.3, -0.25) is 4.79 Å². The normalized spacial score (nSPS) is 12.6. The van der Waals surface area contributed by atoms with Crippen LogP contribution in [-0.4, -0.2) is 18.5 Å². The molecule has 1 rings (SSSR count). The predicted molar refractivity (Wildman–Crippen MR) is 61.5 cm³/mol. The zero-order valence-corrected chi connectivity index (χ0v) is 9.84.